The Balaban J connectivity index is 0.00000200. The molecule has 114 valence electrons. The van der Waals surface area contributed by atoms with Gasteiger partial charge in [0, 0.05) is 26.0 Å². The second-order valence-electron chi connectivity index (χ2n) is 5.19. The van der Waals surface area contributed by atoms with E-state index in [0.717, 1.165) is 19.3 Å². The van der Waals surface area contributed by atoms with E-state index in [1.165, 1.54) is 22.7 Å². The minimum Gasteiger partial charge on any atom is -1.00 e. The first-order chi connectivity index (χ1) is 8.77. The van der Waals surface area contributed by atoms with Crippen molar-refractivity contribution in [1.29, 1.82) is 0 Å². The number of quaternary nitrogens is 1. The number of aromatic nitrogens is 1. The summed E-state index contributed by atoms with van der Waals surface area (Å²) in [5.74, 6) is -0.292. The monoisotopic (exact) mass is 403 g/mol. The largest absolute Gasteiger partial charge is 1.00 e. The molecule has 0 radical (unpaired) electrons. The van der Waals surface area contributed by atoms with Gasteiger partial charge in [-0.05, 0) is 0 Å². The zero-order valence-electron chi connectivity index (χ0n) is 11.2. The van der Waals surface area contributed by atoms with Crippen LogP contribution in [0, 0.1) is 5.92 Å². The van der Waals surface area contributed by atoms with Crippen LogP contribution in [-0.4, -0.2) is 37.2 Å². The summed E-state index contributed by atoms with van der Waals surface area (Å²) in [5.41, 5.74) is -1.20. The fraction of sp³-hybridized carbons (Fsp3) is 0.583. The van der Waals surface area contributed by atoms with Crippen molar-refractivity contribution in [2.75, 3.05) is 26.7 Å². The molecule has 0 aromatic carbocycles. The van der Waals surface area contributed by atoms with Crippen LogP contribution in [0.15, 0.2) is 12.4 Å². The van der Waals surface area contributed by atoms with E-state index in [1.54, 1.807) is 0 Å². The number of hydrogen-bond donors (Lipinski definition) is 2. The van der Waals surface area contributed by atoms with Crippen molar-refractivity contribution in [3.05, 3.63) is 23.5 Å². The first-order valence-electron chi connectivity index (χ1n) is 6.10. The number of aryl methyl sites for hydroxylation is 1. The van der Waals surface area contributed by atoms with Crippen LogP contribution in [-0.2, 0) is 13.2 Å². The van der Waals surface area contributed by atoms with E-state index in [9.17, 15) is 18.0 Å². The molecule has 0 bridgehead atoms. The maximum Gasteiger partial charge on any atom is 0.418 e. The van der Waals surface area contributed by atoms with E-state index in [0.29, 0.717) is 12.5 Å². The van der Waals surface area contributed by atoms with Gasteiger partial charge in [-0.25, -0.2) is 0 Å². The molecular formula is C12H17F3IN3O. The average Bonchev–Trinajstić information content (AvgIpc) is 2.64. The minimum absolute atomic E-state index is 0. The van der Waals surface area contributed by atoms with Crippen molar-refractivity contribution in [2.45, 2.75) is 6.18 Å². The Morgan fingerprint density at radius 1 is 1.45 bits per heavy atom. The second-order valence-corrected chi connectivity index (χ2v) is 5.19. The molecule has 1 fully saturated rings. The minimum atomic E-state index is -4.51. The summed E-state index contributed by atoms with van der Waals surface area (Å²) >= 11 is 0. The molecule has 0 aliphatic carbocycles. The normalized spacial score (nSPS) is 21.9. The van der Waals surface area contributed by atoms with E-state index < -0.39 is 17.6 Å². The number of hydrogen-bond acceptors (Lipinski definition) is 1. The standard InChI is InChI=1S/C12H16F3N3O.HI/c1-17-4-8(5-17)3-16-11(19)9-6-18(2)7-10(9)12(13,14)15;/h6-8H,3-5H2,1-2H3,(H,16,19);1H. The number of rotatable bonds is 3. The van der Waals surface area contributed by atoms with Crippen LogP contribution in [0.4, 0.5) is 13.2 Å². The topological polar surface area (TPSA) is 38.5 Å². The molecule has 0 atom stereocenters. The van der Waals surface area contributed by atoms with Gasteiger partial charge in [-0.15, -0.1) is 0 Å². The summed E-state index contributed by atoms with van der Waals surface area (Å²) in [7, 11) is 3.51. The van der Waals surface area contributed by atoms with Crippen molar-refractivity contribution in [2.24, 2.45) is 13.0 Å². The Kier molecular flexibility index (Phi) is 5.47. The van der Waals surface area contributed by atoms with Gasteiger partial charge in [-0.1, -0.05) is 0 Å². The predicted octanol–water partition coefficient (Wildman–Crippen LogP) is -3.08. The molecule has 1 amide bonds. The van der Waals surface area contributed by atoms with Gasteiger partial charge in [0.25, 0.3) is 5.91 Å². The zero-order chi connectivity index (χ0) is 14.2. The van der Waals surface area contributed by atoms with E-state index in [4.69, 9.17) is 0 Å². The molecular weight excluding hydrogens is 386 g/mol. The summed E-state index contributed by atoms with van der Waals surface area (Å²) in [6.07, 6.45) is -2.37. The predicted molar refractivity (Wildman–Crippen MR) is 62.9 cm³/mol. The van der Waals surface area contributed by atoms with Crippen molar-refractivity contribution >= 4 is 5.91 Å². The molecule has 0 unspecified atom stereocenters. The van der Waals surface area contributed by atoms with Gasteiger partial charge in [0.15, 0.2) is 0 Å². The lowest BCUT2D eigenvalue weighted by Gasteiger charge is -2.32. The highest BCUT2D eigenvalue weighted by molar-refractivity contribution is 5.95. The molecule has 2 N–H and O–H groups in total. The molecule has 2 heterocycles. The molecule has 1 aliphatic rings. The van der Waals surface area contributed by atoms with Gasteiger partial charge < -0.3 is 38.8 Å². The van der Waals surface area contributed by atoms with E-state index in [-0.39, 0.29) is 29.5 Å². The molecule has 8 heteroatoms. The number of amides is 1. The number of halogens is 4. The molecule has 0 spiro atoms. The third-order valence-corrected chi connectivity index (χ3v) is 3.33. The van der Waals surface area contributed by atoms with Gasteiger partial charge in [0.2, 0.25) is 0 Å². The van der Waals surface area contributed by atoms with Crippen LogP contribution in [0.25, 0.3) is 0 Å². The lowest BCUT2D eigenvalue weighted by atomic mass is 10.0. The van der Waals surface area contributed by atoms with E-state index in [1.807, 2.05) is 7.05 Å². The lowest BCUT2D eigenvalue weighted by molar-refractivity contribution is -0.930. The Bertz CT molecular complexity index is 481. The lowest BCUT2D eigenvalue weighted by Crippen LogP contribution is -3.17. The summed E-state index contributed by atoms with van der Waals surface area (Å²) < 4.78 is 39.5. The van der Waals surface area contributed by atoms with Crippen LogP contribution >= 0.6 is 0 Å². The van der Waals surface area contributed by atoms with Gasteiger partial charge in [-0.2, -0.15) is 13.2 Å². The highest BCUT2D eigenvalue weighted by Gasteiger charge is 2.37. The van der Waals surface area contributed by atoms with Gasteiger partial charge in [0.1, 0.15) is 0 Å². The van der Waals surface area contributed by atoms with Crippen molar-refractivity contribution in [1.82, 2.24) is 9.88 Å². The quantitative estimate of drug-likeness (QED) is 0.517. The van der Waals surface area contributed by atoms with Gasteiger partial charge in [-0.3, -0.25) is 4.79 Å². The number of carbonyl (C=O) groups excluding carboxylic acids is 1. The average molecular weight is 403 g/mol. The molecule has 1 aromatic rings. The van der Waals surface area contributed by atoms with Crippen molar-refractivity contribution < 1.29 is 46.8 Å². The summed E-state index contributed by atoms with van der Waals surface area (Å²) in [6, 6.07) is 0. The first-order valence-corrected chi connectivity index (χ1v) is 6.10. The van der Waals surface area contributed by atoms with Crippen LogP contribution < -0.4 is 34.2 Å². The Morgan fingerprint density at radius 3 is 2.55 bits per heavy atom. The summed E-state index contributed by atoms with van der Waals surface area (Å²) in [6.45, 7) is 2.32. The van der Waals surface area contributed by atoms with E-state index in [2.05, 4.69) is 5.32 Å². The molecule has 1 aliphatic heterocycles. The Hall–Kier alpha value is -0.770. The van der Waals surface area contributed by atoms with Gasteiger partial charge in [0.05, 0.1) is 37.2 Å². The number of nitrogens with zero attached hydrogens (tertiary/aromatic N) is 1. The molecule has 0 saturated carbocycles. The fourth-order valence-corrected chi connectivity index (χ4v) is 2.39. The maximum absolute atomic E-state index is 12.8. The first kappa shape index (κ1) is 17.3. The third kappa shape index (κ3) is 3.87. The van der Waals surface area contributed by atoms with Gasteiger partial charge >= 0.3 is 6.18 Å². The number of nitrogens with one attached hydrogen (secondary N) is 2. The zero-order valence-corrected chi connectivity index (χ0v) is 13.4. The van der Waals surface area contributed by atoms with Crippen LogP contribution in [0.5, 0.6) is 0 Å². The van der Waals surface area contributed by atoms with Crippen LogP contribution in [0.3, 0.4) is 0 Å². The fourth-order valence-electron chi connectivity index (χ4n) is 2.39. The number of carbonyl (C=O) groups is 1. The Morgan fingerprint density at radius 2 is 2.05 bits per heavy atom. The van der Waals surface area contributed by atoms with E-state index >= 15 is 0 Å². The number of likely N-dealkylation sites (tertiary alicyclic amines) is 1. The molecule has 1 aromatic heterocycles. The highest BCUT2D eigenvalue weighted by Crippen LogP contribution is 2.32. The van der Waals surface area contributed by atoms with Crippen molar-refractivity contribution in [3.8, 4) is 0 Å². The SMILES string of the molecule is Cn1cc(C(=O)NCC2C[NH+](C)C2)c(C(F)(F)F)c1.[I-]. The molecule has 4 nitrogen and oxygen atoms in total. The Labute approximate surface area is 132 Å². The smallest absolute Gasteiger partial charge is 0.418 e. The maximum atomic E-state index is 12.8. The van der Waals surface area contributed by atoms with Crippen LogP contribution in [0.1, 0.15) is 15.9 Å². The molecule has 20 heavy (non-hydrogen) atoms. The van der Waals surface area contributed by atoms with Crippen LogP contribution in [0.2, 0.25) is 0 Å². The molecule has 2 rings (SSSR count). The molecule has 1 saturated heterocycles. The number of alkyl halides is 3. The van der Waals surface area contributed by atoms with Crippen molar-refractivity contribution in [3.63, 3.8) is 0 Å². The second kappa shape index (κ2) is 6.33. The summed E-state index contributed by atoms with van der Waals surface area (Å²) in [4.78, 5) is 13.2. The summed E-state index contributed by atoms with van der Waals surface area (Å²) in [5, 5.41) is 2.58. The highest BCUT2D eigenvalue weighted by atomic mass is 127. The third-order valence-electron chi connectivity index (χ3n) is 3.33.